The molecule has 0 aliphatic heterocycles. The Kier molecular flexibility index (Phi) is 13.5. The molecule has 4 atom stereocenters. The summed E-state index contributed by atoms with van der Waals surface area (Å²) >= 11 is 0. The molecule has 0 bridgehead atoms. The second-order valence-corrected chi connectivity index (χ2v) is 10.3. The van der Waals surface area contributed by atoms with Gasteiger partial charge in [0.25, 0.3) is 0 Å². The molecule has 0 spiro atoms. The molecule has 0 aromatic heterocycles. The smallest absolute Gasteiger partial charge is 0.324 e. The number of hydrogen-bond acceptors (Lipinski definition) is 1. The van der Waals surface area contributed by atoms with Crippen LogP contribution in [0.4, 0.5) is 0 Å². The maximum Gasteiger partial charge on any atom is 0.325 e. The quantitative estimate of drug-likeness (QED) is 0.254. The van der Waals surface area contributed by atoms with Gasteiger partial charge in [-0.1, -0.05) is 79.6 Å². The van der Waals surface area contributed by atoms with E-state index in [0.29, 0.717) is 18.3 Å². The highest BCUT2D eigenvalue weighted by Gasteiger charge is 2.17. The lowest BCUT2D eigenvalue weighted by molar-refractivity contribution is 0.313. The Labute approximate surface area is 151 Å². The summed E-state index contributed by atoms with van der Waals surface area (Å²) in [5.74, 6) is 2.68. The van der Waals surface area contributed by atoms with E-state index >= 15 is 0 Å². The van der Waals surface area contributed by atoms with Crippen molar-refractivity contribution in [2.24, 2.45) is 23.7 Å². The predicted molar refractivity (Wildman–Crippen MR) is 105 cm³/mol. The van der Waals surface area contributed by atoms with Crippen LogP contribution in [0.1, 0.15) is 98.8 Å². The lowest BCUT2D eigenvalue weighted by Crippen LogP contribution is -2.09. The summed E-state index contributed by atoms with van der Waals surface area (Å²) in [6, 6.07) is 0. The van der Waals surface area contributed by atoms with Crippen molar-refractivity contribution in [1.82, 2.24) is 0 Å². The highest BCUT2D eigenvalue weighted by molar-refractivity contribution is 7.51. The SMILES string of the molecule is CCCCCC(C)CCCC(C)CC(C)CC(C)CCP(=O)(O)O. The van der Waals surface area contributed by atoms with Gasteiger partial charge >= 0.3 is 7.60 Å². The topological polar surface area (TPSA) is 57.5 Å². The highest BCUT2D eigenvalue weighted by Crippen LogP contribution is 2.37. The molecule has 0 saturated carbocycles. The molecule has 3 nitrogen and oxygen atoms in total. The van der Waals surface area contributed by atoms with E-state index in [4.69, 9.17) is 9.79 Å². The van der Waals surface area contributed by atoms with Crippen LogP contribution in [-0.4, -0.2) is 15.9 Å². The van der Waals surface area contributed by atoms with Gasteiger partial charge in [0.1, 0.15) is 0 Å². The van der Waals surface area contributed by atoms with Crippen LogP contribution >= 0.6 is 7.60 Å². The van der Waals surface area contributed by atoms with Crippen molar-refractivity contribution in [2.75, 3.05) is 6.16 Å². The Morgan fingerprint density at radius 3 is 1.75 bits per heavy atom. The molecule has 0 heterocycles. The fourth-order valence-electron chi connectivity index (χ4n) is 3.80. The highest BCUT2D eigenvalue weighted by atomic mass is 31.2. The molecule has 0 aromatic carbocycles. The fraction of sp³-hybridized carbons (Fsp3) is 1.00. The van der Waals surface area contributed by atoms with Crippen molar-refractivity contribution in [3.8, 4) is 0 Å². The molecular formula is C20H43O3P. The minimum absolute atomic E-state index is 0.0341. The summed E-state index contributed by atoms with van der Waals surface area (Å²) < 4.78 is 10.9. The van der Waals surface area contributed by atoms with Gasteiger partial charge in [0.2, 0.25) is 0 Å². The van der Waals surface area contributed by atoms with Gasteiger partial charge in [-0.25, -0.2) is 0 Å². The standard InChI is InChI=1S/C20H43O3P/c1-6-7-8-10-17(2)11-9-12-18(3)15-20(5)16-19(4)13-14-24(21,22)23/h17-20H,6-16H2,1-5H3,(H2,21,22,23). The van der Waals surface area contributed by atoms with Crippen LogP contribution in [0, 0.1) is 23.7 Å². The normalized spacial score (nSPS) is 17.5. The molecule has 0 amide bonds. The first kappa shape index (κ1) is 24.1. The van der Waals surface area contributed by atoms with Crippen molar-refractivity contribution in [1.29, 1.82) is 0 Å². The average Bonchev–Trinajstić information content (AvgIpc) is 2.44. The van der Waals surface area contributed by atoms with E-state index in [-0.39, 0.29) is 6.16 Å². The van der Waals surface area contributed by atoms with Crippen molar-refractivity contribution in [3.63, 3.8) is 0 Å². The molecule has 0 aromatic rings. The lowest BCUT2D eigenvalue weighted by Gasteiger charge is -2.21. The summed E-state index contributed by atoms with van der Waals surface area (Å²) in [7, 11) is -3.83. The number of unbranched alkanes of at least 4 members (excludes halogenated alkanes) is 2. The van der Waals surface area contributed by atoms with Gasteiger partial charge < -0.3 is 9.79 Å². The van der Waals surface area contributed by atoms with Crippen molar-refractivity contribution in [3.05, 3.63) is 0 Å². The number of rotatable bonds is 15. The molecule has 146 valence electrons. The molecule has 0 rings (SSSR count). The molecule has 0 aliphatic carbocycles. The van der Waals surface area contributed by atoms with Gasteiger partial charge in [-0.05, 0) is 42.9 Å². The van der Waals surface area contributed by atoms with Crippen LogP contribution in [0.5, 0.6) is 0 Å². The van der Waals surface area contributed by atoms with Gasteiger partial charge in [-0.2, -0.15) is 0 Å². The van der Waals surface area contributed by atoms with Crippen molar-refractivity contribution >= 4 is 7.60 Å². The Morgan fingerprint density at radius 2 is 1.21 bits per heavy atom. The summed E-state index contributed by atoms with van der Waals surface area (Å²) in [5.41, 5.74) is 0. The van der Waals surface area contributed by atoms with Crippen LogP contribution < -0.4 is 0 Å². The van der Waals surface area contributed by atoms with Gasteiger partial charge in [0.15, 0.2) is 0 Å². The molecule has 2 N–H and O–H groups in total. The molecule has 0 aliphatic rings. The zero-order valence-electron chi connectivity index (χ0n) is 16.8. The van der Waals surface area contributed by atoms with E-state index in [2.05, 4.69) is 34.6 Å². The third kappa shape index (κ3) is 15.7. The minimum Gasteiger partial charge on any atom is -0.324 e. The maximum atomic E-state index is 10.9. The summed E-state index contributed by atoms with van der Waals surface area (Å²) in [6.07, 6.45) is 12.5. The molecule has 4 unspecified atom stereocenters. The van der Waals surface area contributed by atoms with Gasteiger partial charge in [-0.15, -0.1) is 0 Å². The second-order valence-electron chi connectivity index (χ2n) is 8.50. The predicted octanol–water partition coefficient (Wildman–Crippen LogP) is 6.63. The van der Waals surface area contributed by atoms with Crippen LogP contribution in [0.15, 0.2) is 0 Å². The van der Waals surface area contributed by atoms with E-state index in [9.17, 15) is 4.57 Å². The van der Waals surface area contributed by atoms with Gasteiger partial charge in [0, 0.05) is 0 Å². The summed E-state index contributed by atoms with van der Waals surface area (Å²) in [6.45, 7) is 11.4. The largest absolute Gasteiger partial charge is 0.325 e. The van der Waals surface area contributed by atoms with Gasteiger partial charge in [0.05, 0.1) is 6.16 Å². The van der Waals surface area contributed by atoms with Crippen molar-refractivity contribution in [2.45, 2.75) is 98.8 Å². The molecular weight excluding hydrogens is 319 g/mol. The van der Waals surface area contributed by atoms with E-state index in [1.165, 1.54) is 51.4 Å². The van der Waals surface area contributed by atoms with E-state index in [1.807, 2.05) is 0 Å². The average molecular weight is 363 g/mol. The monoisotopic (exact) mass is 362 g/mol. The first-order valence-corrected chi connectivity index (χ1v) is 12.0. The Bertz CT molecular complexity index is 340. The van der Waals surface area contributed by atoms with Crippen LogP contribution in [0.2, 0.25) is 0 Å². The Balaban J connectivity index is 3.78. The van der Waals surface area contributed by atoms with E-state index in [1.54, 1.807) is 0 Å². The summed E-state index contributed by atoms with van der Waals surface area (Å²) in [5, 5.41) is 0. The van der Waals surface area contributed by atoms with Crippen LogP contribution in [0.3, 0.4) is 0 Å². The molecule has 0 radical (unpaired) electrons. The molecule has 24 heavy (non-hydrogen) atoms. The third-order valence-electron chi connectivity index (χ3n) is 5.22. The van der Waals surface area contributed by atoms with Crippen LogP contribution in [-0.2, 0) is 4.57 Å². The zero-order chi connectivity index (χ0) is 18.6. The molecule has 0 fully saturated rings. The van der Waals surface area contributed by atoms with E-state index < -0.39 is 7.60 Å². The fourth-order valence-corrected chi connectivity index (χ4v) is 4.57. The molecule has 0 saturated heterocycles. The van der Waals surface area contributed by atoms with Crippen LogP contribution in [0.25, 0.3) is 0 Å². The first-order chi connectivity index (χ1) is 11.1. The Morgan fingerprint density at radius 1 is 0.708 bits per heavy atom. The van der Waals surface area contributed by atoms with Crippen molar-refractivity contribution < 1.29 is 14.4 Å². The minimum atomic E-state index is -3.83. The molecule has 4 heteroatoms. The first-order valence-electron chi connectivity index (χ1n) is 10.2. The number of hydrogen-bond donors (Lipinski definition) is 2. The second kappa shape index (κ2) is 13.4. The lowest BCUT2D eigenvalue weighted by atomic mass is 9.86. The van der Waals surface area contributed by atoms with E-state index in [0.717, 1.165) is 18.3 Å². The van der Waals surface area contributed by atoms with Gasteiger partial charge in [-0.3, -0.25) is 4.57 Å². The third-order valence-corrected chi connectivity index (χ3v) is 6.06. The zero-order valence-corrected chi connectivity index (χ0v) is 17.7. The summed E-state index contributed by atoms with van der Waals surface area (Å²) in [4.78, 5) is 17.9. The maximum absolute atomic E-state index is 10.9. The Hall–Kier alpha value is 0.150.